The van der Waals surface area contributed by atoms with Crippen LogP contribution in [0.5, 0.6) is 0 Å². The highest BCUT2D eigenvalue weighted by Crippen LogP contribution is 2.30. The van der Waals surface area contributed by atoms with Crippen LogP contribution >= 0.6 is 0 Å². The minimum Gasteiger partial charge on any atom is -0.378 e. The number of aryl methyl sites for hydroxylation is 1. The van der Waals surface area contributed by atoms with Crippen LogP contribution in [0, 0.1) is 5.82 Å². The first kappa shape index (κ1) is 21.1. The first-order chi connectivity index (χ1) is 15.6. The van der Waals surface area contributed by atoms with Gasteiger partial charge in [-0.05, 0) is 31.4 Å². The lowest BCUT2D eigenvalue weighted by Gasteiger charge is -2.48. The number of morpholine rings is 1. The summed E-state index contributed by atoms with van der Waals surface area (Å²) in [6.45, 7) is 4.66. The molecule has 0 spiro atoms. The maximum Gasteiger partial charge on any atom is 0.272 e. The first-order valence-electron chi connectivity index (χ1n) is 11.5. The number of nitrogens with zero attached hydrogens (tertiary/aromatic N) is 3. The van der Waals surface area contributed by atoms with E-state index >= 15 is 0 Å². The second-order valence-corrected chi connectivity index (χ2v) is 8.84. The Morgan fingerprint density at radius 3 is 2.59 bits per heavy atom. The summed E-state index contributed by atoms with van der Waals surface area (Å²) in [6.07, 6.45) is 2.52. The van der Waals surface area contributed by atoms with Crippen molar-refractivity contribution in [1.29, 1.82) is 0 Å². The molecule has 2 fully saturated rings. The number of piperidine rings is 1. The molecule has 0 saturated carbocycles. The average molecular weight is 437 g/mol. The van der Waals surface area contributed by atoms with Gasteiger partial charge in [-0.15, -0.1) is 0 Å². The molecule has 2 aliphatic rings. The molecule has 5 rings (SSSR count). The fraction of sp³-hybridized carbons (Fsp3) is 0.440. The Kier molecular flexibility index (Phi) is 5.93. The summed E-state index contributed by atoms with van der Waals surface area (Å²) in [6, 6.07) is 15.2. The Morgan fingerprint density at radius 2 is 1.84 bits per heavy atom. The van der Waals surface area contributed by atoms with Crippen LogP contribution in [0.25, 0.3) is 10.9 Å². The summed E-state index contributed by atoms with van der Waals surface area (Å²) in [5.74, 6) is -0.293. The fourth-order valence-electron chi connectivity index (χ4n) is 5.12. The largest absolute Gasteiger partial charge is 0.378 e. The number of carbonyl (C=O) groups excluding carboxylic acids is 1. The number of carbonyl (C=O) groups is 1. The molecule has 3 aromatic rings. The monoisotopic (exact) mass is 436 g/mol. The summed E-state index contributed by atoms with van der Waals surface area (Å²) >= 11 is 0. The standard InChI is InChI=1S/C25H29FN4O2/c1-2-11-30-23-10-6-4-8-21(23)24(28-30)25(31)27-18-12-19-15-32-16-20(13-18)29(19)14-17-7-3-5-9-22(17)26/h3-10,18-20H,2,11-16H2,1H3,(H,27,31)/t18?,19-,20+. The summed E-state index contributed by atoms with van der Waals surface area (Å²) in [5.41, 5.74) is 2.19. The SMILES string of the molecule is CCCn1nc(C(=O)NC2C[C@H]3COC[C@@H](C2)N3Cc2ccccc2F)c2ccccc21. The molecule has 1 unspecified atom stereocenters. The van der Waals surface area contributed by atoms with Crippen molar-refractivity contribution in [3.8, 4) is 0 Å². The van der Waals surface area contributed by atoms with Crippen molar-refractivity contribution < 1.29 is 13.9 Å². The number of halogens is 1. The van der Waals surface area contributed by atoms with Gasteiger partial charge in [0.25, 0.3) is 5.91 Å². The summed E-state index contributed by atoms with van der Waals surface area (Å²) < 4.78 is 21.9. The normalized spacial score (nSPS) is 23.4. The van der Waals surface area contributed by atoms with Crippen molar-refractivity contribution in [2.45, 2.75) is 57.4 Å². The van der Waals surface area contributed by atoms with Gasteiger partial charge < -0.3 is 10.1 Å². The molecule has 7 heteroatoms. The van der Waals surface area contributed by atoms with E-state index in [1.807, 2.05) is 41.1 Å². The minimum absolute atomic E-state index is 0.0494. The third-order valence-electron chi connectivity index (χ3n) is 6.63. The molecule has 6 nitrogen and oxygen atoms in total. The van der Waals surface area contributed by atoms with Crippen LogP contribution in [0.3, 0.4) is 0 Å². The van der Waals surface area contributed by atoms with Crippen molar-refractivity contribution in [2.24, 2.45) is 0 Å². The van der Waals surface area contributed by atoms with Gasteiger partial charge in [-0.2, -0.15) is 5.10 Å². The number of nitrogens with one attached hydrogen (secondary N) is 1. The predicted octanol–water partition coefficient (Wildman–Crippen LogP) is 3.75. The number of hydrogen-bond donors (Lipinski definition) is 1. The van der Waals surface area contributed by atoms with Crippen molar-refractivity contribution in [2.75, 3.05) is 13.2 Å². The molecule has 3 heterocycles. The molecule has 1 amide bonds. The summed E-state index contributed by atoms with van der Waals surface area (Å²) in [7, 11) is 0. The zero-order valence-electron chi connectivity index (χ0n) is 18.3. The van der Waals surface area contributed by atoms with Gasteiger partial charge in [0.05, 0.1) is 18.7 Å². The zero-order chi connectivity index (χ0) is 22.1. The van der Waals surface area contributed by atoms with Gasteiger partial charge in [0.2, 0.25) is 0 Å². The highest BCUT2D eigenvalue weighted by molar-refractivity contribution is 6.05. The van der Waals surface area contributed by atoms with Crippen LogP contribution in [0.4, 0.5) is 4.39 Å². The van der Waals surface area contributed by atoms with Gasteiger partial charge in [-0.25, -0.2) is 4.39 Å². The van der Waals surface area contributed by atoms with Gasteiger partial charge in [-0.1, -0.05) is 43.3 Å². The summed E-state index contributed by atoms with van der Waals surface area (Å²) in [5, 5.41) is 8.75. The van der Waals surface area contributed by atoms with E-state index in [9.17, 15) is 9.18 Å². The van der Waals surface area contributed by atoms with Crippen LogP contribution < -0.4 is 5.32 Å². The molecule has 32 heavy (non-hydrogen) atoms. The molecular formula is C25H29FN4O2. The maximum absolute atomic E-state index is 14.2. The van der Waals surface area contributed by atoms with Crippen LogP contribution in [-0.4, -0.2) is 51.9 Å². The number of para-hydroxylation sites is 1. The quantitative estimate of drug-likeness (QED) is 0.640. The number of fused-ring (bicyclic) bond motifs is 3. The Hall–Kier alpha value is -2.77. The zero-order valence-corrected chi connectivity index (χ0v) is 18.3. The van der Waals surface area contributed by atoms with Gasteiger partial charge >= 0.3 is 0 Å². The highest BCUT2D eigenvalue weighted by atomic mass is 19.1. The maximum atomic E-state index is 14.2. The van der Waals surface area contributed by atoms with Crippen LogP contribution in [0.1, 0.15) is 42.2 Å². The van der Waals surface area contributed by atoms with E-state index in [1.54, 1.807) is 6.07 Å². The van der Waals surface area contributed by atoms with Gasteiger partial charge in [0.1, 0.15) is 5.82 Å². The number of hydrogen-bond acceptors (Lipinski definition) is 4. The first-order valence-corrected chi connectivity index (χ1v) is 11.5. The Balaban J connectivity index is 1.31. The van der Waals surface area contributed by atoms with Crippen LogP contribution in [0.15, 0.2) is 48.5 Å². The molecule has 0 radical (unpaired) electrons. The molecule has 1 N–H and O–H groups in total. The molecule has 2 saturated heterocycles. The molecule has 0 aliphatic carbocycles. The number of amides is 1. The van der Waals surface area contributed by atoms with Crippen molar-refractivity contribution in [1.82, 2.24) is 20.0 Å². The molecule has 2 aromatic carbocycles. The van der Waals surface area contributed by atoms with Crippen molar-refractivity contribution in [3.63, 3.8) is 0 Å². The van der Waals surface area contributed by atoms with E-state index < -0.39 is 0 Å². The van der Waals surface area contributed by atoms with Crippen LogP contribution in [-0.2, 0) is 17.8 Å². The topological polar surface area (TPSA) is 59.4 Å². The van der Waals surface area contributed by atoms with E-state index in [1.165, 1.54) is 6.07 Å². The minimum atomic E-state index is -0.170. The van der Waals surface area contributed by atoms with E-state index in [4.69, 9.17) is 4.74 Å². The third-order valence-corrected chi connectivity index (χ3v) is 6.63. The number of aromatic nitrogens is 2. The smallest absolute Gasteiger partial charge is 0.272 e. The molecule has 2 bridgehead atoms. The van der Waals surface area contributed by atoms with Gasteiger partial charge in [0.15, 0.2) is 5.69 Å². The van der Waals surface area contributed by atoms with E-state index in [2.05, 4.69) is 22.2 Å². The Labute approximate surface area is 187 Å². The van der Waals surface area contributed by atoms with Gasteiger partial charge in [0, 0.05) is 42.2 Å². The Bertz CT molecular complexity index is 1100. The molecule has 168 valence electrons. The van der Waals surface area contributed by atoms with Crippen LogP contribution in [0.2, 0.25) is 0 Å². The average Bonchev–Trinajstić information content (AvgIpc) is 3.15. The number of rotatable bonds is 6. The second kappa shape index (κ2) is 9.00. The van der Waals surface area contributed by atoms with Gasteiger partial charge in [-0.3, -0.25) is 14.4 Å². The molecule has 1 aromatic heterocycles. The third kappa shape index (κ3) is 4.02. The fourth-order valence-corrected chi connectivity index (χ4v) is 5.12. The highest BCUT2D eigenvalue weighted by Gasteiger charge is 2.40. The number of benzene rings is 2. The van der Waals surface area contributed by atoms with E-state index in [0.717, 1.165) is 36.7 Å². The Morgan fingerprint density at radius 1 is 1.12 bits per heavy atom. The van der Waals surface area contributed by atoms with Crippen molar-refractivity contribution in [3.05, 3.63) is 65.6 Å². The molecular weight excluding hydrogens is 407 g/mol. The molecule has 3 atom stereocenters. The predicted molar refractivity (Wildman–Crippen MR) is 121 cm³/mol. The lowest BCUT2D eigenvalue weighted by atomic mass is 9.89. The lowest BCUT2D eigenvalue weighted by Crippen LogP contribution is -2.60. The van der Waals surface area contributed by atoms with E-state index in [0.29, 0.717) is 31.0 Å². The number of ether oxygens (including phenoxy) is 1. The summed E-state index contributed by atoms with van der Waals surface area (Å²) in [4.78, 5) is 15.5. The molecule has 2 aliphatic heterocycles. The van der Waals surface area contributed by atoms with E-state index in [-0.39, 0.29) is 29.8 Å². The lowest BCUT2D eigenvalue weighted by molar-refractivity contribution is -0.0846. The van der Waals surface area contributed by atoms with Crippen molar-refractivity contribution >= 4 is 16.8 Å². The second-order valence-electron chi connectivity index (χ2n) is 8.84.